The van der Waals surface area contributed by atoms with Gasteiger partial charge in [0, 0.05) is 64.1 Å². The Balaban J connectivity index is 1.19. The van der Waals surface area contributed by atoms with E-state index in [0.29, 0.717) is 34.7 Å². The molecule has 2 N–H and O–H groups in total. The zero-order valence-corrected chi connectivity index (χ0v) is 29.1. The van der Waals surface area contributed by atoms with Crippen LogP contribution in [0.3, 0.4) is 0 Å². The Morgan fingerprint density at radius 3 is 2.36 bits per heavy atom. The summed E-state index contributed by atoms with van der Waals surface area (Å²) in [6.07, 6.45) is 3.14. The van der Waals surface area contributed by atoms with E-state index in [4.69, 9.17) is 21.1 Å². The molecule has 0 radical (unpaired) electrons. The van der Waals surface area contributed by atoms with Crippen LogP contribution in [-0.2, 0) is 15.6 Å². The van der Waals surface area contributed by atoms with Crippen molar-refractivity contribution in [3.63, 3.8) is 0 Å². The Labute approximate surface area is 282 Å². The number of anilines is 6. The number of thiol groups is 1. The minimum absolute atomic E-state index is 0.224. The van der Waals surface area contributed by atoms with Gasteiger partial charge in [0.1, 0.15) is 16.4 Å². The third kappa shape index (κ3) is 8.67. The lowest BCUT2D eigenvalue weighted by Gasteiger charge is -2.43. The lowest BCUT2D eigenvalue weighted by Crippen LogP contribution is -2.54. The summed E-state index contributed by atoms with van der Waals surface area (Å²) in [4.78, 5) is 28.0. The maximum Gasteiger partial charge on any atom is 0.410 e. The van der Waals surface area contributed by atoms with Gasteiger partial charge in [0.2, 0.25) is 16.8 Å². The van der Waals surface area contributed by atoms with Crippen LogP contribution in [0.1, 0.15) is 33.6 Å². The van der Waals surface area contributed by atoms with Crippen LogP contribution in [0.4, 0.5) is 39.3 Å². The van der Waals surface area contributed by atoms with E-state index in [-0.39, 0.29) is 17.1 Å². The predicted molar refractivity (Wildman–Crippen MR) is 186 cm³/mol. The summed E-state index contributed by atoms with van der Waals surface area (Å²) in [5.74, 6) is 1.24. The fourth-order valence-electron chi connectivity index (χ4n) is 5.78. The summed E-state index contributed by atoms with van der Waals surface area (Å²) in [6.45, 7) is 10.8. The van der Waals surface area contributed by atoms with E-state index in [0.717, 1.165) is 62.1 Å². The summed E-state index contributed by atoms with van der Waals surface area (Å²) in [7, 11) is 0.266. The number of amides is 1. The number of likely N-dealkylation sites (tertiary alicyclic amines) is 1. The summed E-state index contributed by atoms with van der Waals surface area (Å²) in [6, 6.07) is 13.4. The van der Waals surface area contributed by atoms with Crippen molar-refractivity contribution in [3.05, 3.63) is 53.7 Å². The standard InChI is InChI=1S/C32H43ClN8O5S/c1-32(2,3)46-31(42)41-14-12-22(13-15-41)39-16-18-40(19-17-39)23-10-11-26(28(20-23)45-5)36-30-34-21-24(33)29(37-30)35-25-8-6-7-9-27(25)38(4)47(43)44/h6-11,20-22,47H,12-19H2,1-5H3,(H2,34,35,36,37). The molecule has 2 fully saturated rings. The average molecular weight is 687 g/mol. The summed E-state index contributed by atoms with van der Waals surface area (Å²) >= 11 is 6.41. The van der Waals surface area contributed by atoms with Crippen LogP contribution in [0.2, 0.25) is 5.02 Å². The van der Waals surface area contributed by atoms with E-state index in [1.54, 1.807) is 31.4 Å². The van der Waals surface area contributed by atoms with Crippen LogP contribution >= 0.6 is 11.6 Å². The number of para-hydroxylation sites is 2. The SMILES string of the molecule is COc1cc(N2CCN(C3CCN(C(=O)OC(C)(C)C)CC3)CC2)ccc1Nc1ncc(Cl)c(Nc2ccccc2N(C)[SH](=O)=O)n1. The second-order valence-electron chi connectivity index (χ2n) is 12.5. The topological polar surface area (TPSA) is 132 Å². The van der Waals surface area contributed by atoms with Crippen molar-refractivity contribution in [1.82, 2.24) is 19.8 Å². The molecule has 0 saturated carbocycles. The molecule has 2 aromatic carbocycles. The molecule has 0 unspecified atom stereocenters. The highest BCUT2D eigenvalue weighted by Gasteiger charge is 2.31. The van der Waals surface area contributed by atoms with E-state index in [2.05, 4.69) is 30.4 Å². The molecule has 0 spiro atoms. The molecule has 5 rings (SSSR count). The van der Waals surface area contributed by atoms with Gasteiger partial charge in [-0.1, -0.05) is 23.7 Å². The van der Waals surface area contributed by atoms with Gasteiger partial charge in [0.25, 0.3) is 0 Å². The van der Waals surface area contributed by atoms with E-state index in [9.17, 15) is 13.2 Å². The average Bonchev–Trinajstić information content (AvgIpc) is 3.05. The number of ether oxygens (including phenoxy) is 2. The first kappa shape index (κ1) is 34.3. The zero-order valence-electron chi connectivity index (χ0n) is 27.4. The molecule has 47 heavy (non-hydrogen) atoms. The van der Waals surface area contributed by atoms with Crippen LogP contribution in [0, 0.1) is 0 Å². The number of benzene rings is 2. The molecule has 1 amide bonds. The van der Waals surface area contributed by atoms with Gasteiger partial charge in [-0.25, -0.2) is 18.2 Å². The number of halogens is 1. The van der Waals surface area contributed by atoms with E-state index < -0.39 is 16.5 Å². The van der Waals surface area contributed by atoms with Gasteiger partial charge in [-0.15, -0.1) is 0 Å². The Morgan fingerprint density at radius 2 is 1.70 bits per heavy atom. The van der Waals surface area contributed by atoms with Crippen molar-refractivity contribution in [1.29, 1.82) is 0 Å². The molecule has 3 aromatic rings. The van der Waals surface area contributed by atoms with Gasteiger partial charge in [0.15, 0.2) is 5.82 Å². The summed E-state index contributed by atoms with van der Waals surface area (Å²) < 4.78 is 35.6. The first-order valence-electron chi connectivity index (χ1n) is 15.6. The molecule has 254 valence electrons. The normalized spacial score (nSPS) is 16.2. The molecule has 3 heterocycles. The number of carbonyl (C=O) groups is 1. The molecule has 0 bridgehead atoms. The summed E-state index contributed by atoms with van der Waals surface area (Å²) in [5, 5.41) is 6.62. The Morgan fingerprint density at radius 1 is 1.00 bits per heavy atom. The van der Waals surface area contributed by atoms with E-state index in [1.165, 1.54) is 13.2 Å². The molecule has 0 aliphatic carbocycles. The third-order valence-electron chi connectivity index (χ3n) is 8.24. The quantitative estimate of drug-likeness (QED) is 0.260. The van der Waals surface area contributed by atoms with Gasteiger partial charge in [0.05, 0.1) is 30.4 Å². The lowest BCUT2D eigenvalue weighted by molar-refractivity contribution is 0.0140. The predicted octanol–water partition coefficient (Wildman–Crippen LogP) is 5.11. The number of nitrogens with zero attached hydrogens (tertiary/aromatic N) is 6. The fraction of sp³-hybridized carbons (Fsp3) is 0.469. The van der Waals surface area contributed by atoms with Gasteiger partial charge in [-0.05, 0) is 57.9 Å². The van der Waals surface area contributed by atoms with Gasteiger partial charge >= 0.3 is 6.09 Å². The van der Waals surface area contributed by atoms with Crippen LogP contribution in [-0.4, -0.2) is 99.3 Å². The highest BCUT2D eigenvalue weighted by atomic mass is 35.5. The number of methoxy groups -OCH3 is 1. The van der Waals surface area contributed by atoms with Crippen molar-refractivity contribution >= 4 is 63.1 Å². The monoisotopic (exact) mass is 686 g/mol. The Hall–Kier alpha value is -4.01. The molecule has 0 atom stereocenters. The lowest BCUT2D eigenvalue weighted by atomic mass is 10.0. The number of carbonyl (C=O) groups excluding carboxylic acids is 1. The highest BCUT2D eigenvalue weighted by Crippen LogP contribution is 2.34. The van der Waals surface area contributed by atoms with E-state index >= 15 is 0 Å². The van der Waals surface area contributed by atoms with Crippen molar-refractivity contribution in [3.8, 4) is 5.75 Å². The second kappa shape index (κ2) is 14.8. The number of piperidine rings is 1. The largest absolute Gasteiger partial charge is 0.494 e. The number of hydrogen-bond donors (Lipinski definition) is 3. The van der Waals surface area contributed by atoms with Crippen LogP contribution < -0.4 is 24.6 Å². The number of aromatic nitrogens is 2. The van der Waals surface area contributed by atoms with Crippen LogP contribution in [0.15, 0.2) is 48.7 Å². The molecule has 2 aliphatic heterocycles. The second-order valence-corrected chi connectivity index (χ2v) is 14.0. The van der Waals surface area contributed by atoms with Crippen molar-refractivity contribution in [2.75, 3.05) is 73.3 Å². The highest BCUT2D eigenvalue weighted by molar-refractivity contribution is 7.74. The number of rotatable bonds is 9. The first-order chi connectivity index (χ1) is 22.4. The number of hydrogen-bond acceptors (Lipinski definition) is 11. The van der Waals surface area contributed by atoms with Crippen molar-refractivity contribution in [2.24, 2.45) is 0 Å². The van der Waals surface area contributed by atoms with Gasteiger partial charge in [-0.3, -0.25) is 9.21 Å². The Kier molecular flexibility index (Phi) is 10.8. The van der Waals surface area contributed by atoms with E-state index in [1.807, 2.05) is 43.9 Å². The summed E-state index contributed by atoms with van der Waals surface area (Å²) in [5.41, 5.74) is 2.23. The Bertz CT molecular complexity index is 1630. The molecule has 1 aromatic heterocycles. The number of piperazine rings is 1. The molecular formula is C32H43ClN8O5S. The molecule has 2 saturated heterocycles. The zero-order chi connectivity index (χ0) is 33.7. The van der Waals surface area contributed by atoms with Gasteiger partial charge in [-0.2, -0.15) is 4.98 Å². The van der Waals surface area contributed by atoms with Crippen molar-refractivity contribution in [2.45, 2.75) is 45.3 Å². The fourth-order valence-corrected chi connectivity index (χ4v) is 6.27. The first-order valence-corrected chi connectivity index (χ1v) is 17.1. The third-order valence-corrected chi connectivity index (χ3v) is 9.22. The maximum absolute atomic E-state index is 12.5. The molecule has 15 heteroatoms. The van der Waals surface area contributed by atoms with Crippen LogP contribution in [0.25, 0.3) is 0 Å². The van der Waals surface area contributed by atoms with Crippen molar-refractivity contribution < 1.29 is 22.7 Å². The molecular weight excluding hydrogens is 644 g/mol. The molecule has 2 aliphatic rings. The maximum atomic E-state index is 12.5. The minimum atomic E-state index is -2.82. The van der Waals surface area contributed by atoms with Gasteiger partial charge < -0.3 is 29.9 Å². The minimum Gasteiger partial charge on any atom is -0.494 e. The smallest absolute Gasteiger partial charge is 0.410 e. The van der Waals surface area contributed by atoms with Crippen LogP contribution in [0.5, 0.6) is 5.75 Å². The number of nitrogens with one attached hydrogen (secondary N) is 2. The molecule has 13 nitrogen and oxygen atoms in total.